The van der Waals surface area contributed by atoms with Gasteiger partial charge in [0.25, 0.3) is 5.91 Å². The smallest absolute Gasteiger partial charge is 0.326 e. The first-order valence-corrected chi connectivity index (χ1v) is 11.6. The lowest BCUT2D eigenvalue weighted by molar-refractivity contribution is -0.139. The number of carboxylic acids is 1. The maximum Gasteiger partial charge on any atom is 0.326 e. The number of hydrogen-bond donors (Lipinski definition) is 3. The number of carboxylic acid groups (broad SMARTS) is 1. The lowest BCUT2D eigenvalue weighted by atomic mass is 10.1. The Morgan fingerprint density at radius 3 is 2.77 bits per heavy atom. The maximum absolute atomic E-state index is 14.0. The summed E-state index contributed by atoms with van der Waals surface area (Å²) in [5, 5.41) is 15.0. The van der Waals surface area contributed by atoms with Gasteiger partial charge in [-0.3, -0.25) is 9.78 Å². The van der Waals surface area contributed by atoms with Gasteiger partial charge in [0.2, 0.25) is 0 Å². The van der Waals surface area contributed by atoms with Crippen LogP contribution in [0.4, 0.5) is 10.2 Å². The molecule has 4 rings (SSSR count). The van der Waals surface area contributed by atoms with E-state index in [1.807, 2.05) is 6.07 Å². The van der Waals surface area contributed by atoms with Gasteiger partial charge in [0.1, 0.15) is 23.4 Å². The number of ether oxygens (including phenoxy) is 1. The Morgan fingerprint density at radius 2 is 2.03 bits per heavy atom. The fourth-order valence-corrected chi connectivity index (χ4v) is 4.00. The summed E-state index contributed by atoms with van der Waals surface area (Å²) in [6.07, 6.45) is 4.17. The van der Waals surface area contributed by atoms with Crippen molar-refractivity contribution in [2.75, 3.05) is 18.5 Å². The Bertz CT molecular complexity index is 1200. The Hall–Kier alpha value is -3.72. The Balaban J connectivity index is 1.31. The number of fused-ring (bicyclic) bond motifs is 1. The molecule has 0 saturated heterocycles. The summed E-state index contributed by atoms with van der Waals surface area (Å²) < 4.78 is 19.7. The lowest BCUT2D eigenvalue weighted by Crippen LogP contribution is -2.42. The number of aromatic nitrogens is 2. The molecule has 182 valence electrons. The van der Waals surface area contributed by atoms with Crippen molar-refractivity contribution in [2.24, 2.45) is 0 Å². The van der Waals surface area contributed by atoms with Crippen LogP contribution in [0, 0.1) is 5.82 Å². The number of aryl methyl sites for hydroxylation is 1. The number of anilines is 1. The molecule has 3 aromatic rings. The molecule has 10 heteroatoms. The van der Waals surface area contributed by atoms with Crippen molar-refractivity contribution in [1.82, 2.24) is 15.3 Å². The second kappa shape index (κ2) is 11.1. The zero-order valence-corrected chi connectivity index (χ0v) is 19.5. The number of nitrogens with zero attached hydrogens (tertiary/aromatic N) is 2. The van der Waals surface area contributed by atoms with Crippen molar-refractivity contribution in [3.8, 4) is 5.75 Å². The standard InChI is InChI=1S/C25H24ClFN4O4/c26-19-4-1-5-20(27)22(19)24(32)31-21(25(33)34)13-17-8-9-18(14-29-17)35-12-10-16-7-6-15-3-2-11-28-23(15)30-16/h1,4-9,14,21H,2-3,10-13H2,(H,28,30)(H,31,32)(H,33,34). The minimum atomic E-state index is -1.32. The van der Waals surface area contributed by atoms with Crippen LogP contribution in [0.25, 0.3) is 0 Å². The first-order chi connectivity index (χ1) is 16.9. The number of pyridine rings is 2. The largest absolute Gasteiger partial charge is 0.492 e. The molecule has 35 heavy (non-hydrogen) atoms. The van der Waals surface area contributed by atoms with Gasteiger partial charge >= 0.3 is 5.97 Å². The van der Waals surface area contributed by atoms with E-state index in [1.54, 1.807) is 12.1 Å². The second-order valence-electron chi connectivity index (χ2n) is 8.09. The maximum atomic E-state index is 14.0. The highest BCUT2D eigenvalue weighted by Crippen LogP contribution is 2.21. The van der Waals surface area contributed by atoms with Crippen molar-refractivity contribution in [3.05, 3.63) is 82.0 Å². The minimum absolute atomic E-state index is 0.0977. The van der Waals surface area contributed by atoms with Gasteiger partial charge in [0.05, 0.1) is 23.4 Å². The number of carbonyl (C=O) groups is 2. The molecular weight excluding hydrogens is 475 g/mol. The molecule has 1 amide bonds. The highest BCUT2D eigenvalue weighted by Gasteiger charge is 2.24. The molecule has 8 nitrogen and oxygen atoms in total. The van der Waals surface area contributed by atoms with Gasteiger partial charge in [0.15, 0.2) is 0 Å². The number of amides is 1. The number of hydrogen-bond acceptors (Lipinski definition) is 6. The van der Waals surface area contributed by atoms with Gasteiger partial charge in [-0.15, -0.1) is 0 Å². The Morgan fingerprint density at radius 1 is 1.20 bits per heavy atom. The Kier molecular flexibility index (Phi) is 7.77. The lowest BCUT2D eigenvalue weighted by Gasteiger charge is -2.17. The van der Waals surface area contributed by atoms with E-state index in [2.05, 4.69) is 26.7 Å². The summed E-state index contributed by atoms with van der Waals surface area (Å²) in [5.41, 5.74) is 2.18. The van der Waals surface area contributed by atoms with Crippen LogP contribution in [-0.2, 0) is 24.1 Å². The van der Waals surface area contributed by atoms with E-state index < -0.39 is 29.3 Å². The van der Waals surface area contributed by atoms with Crippen LogP contribution >= 0.6 is 11.6 Å². The number of benzene rings is 1. The van der Waals surface area contributed by atoms with Crippen LogP contribution < -0.4 is 15.4 Å². The molecule has 0 radical (unpaired) electrons. The SMILES string of the molecule is O=C(NC(Cc1ccc(OCCc2ccc3c(n2)NCCC3)cn1)C(=O)O)c1c(F)cccc1Cl. The van der Waals surface area contributed by atoms with Crippen molar-refractivity contribution in [3.63, 3.8) is 0 Å². The molecule has 1 atom stereocenters. The fourth-order valence-electron chi connectivity index (χ4n) is 3.75. The van der Waals surface area contributed by atoms with E-state index in [-0.39, 0.29) is 11.4 Å². The summed E-state index contributed by atoms with van der Waals surface area (Å²) in [7, 11) is 0. The topological polar surface area (TPSA) is 113 Å². The first kappa shape index (κ1) is 24.4. The van der Waals surface area contributed by atoms with Gasteiger partial charge in [0, 0.05) is 30.8 Å². The molecule has 0 saturated carbocycles. The van der Waals surface area contributed by atoms with Crippen LogP contribution in [0.3, 0.4) is 0 Å². The molecule has 0 aliphatic carbocycles. The van der Waals surface area contributed by atoms with Crippen LogP contribution in [0.15, 0.2) is 48.7 Å². The predicted octanol–water partition coefficient (Wildman–Crippen LogP) is 3.67. The van der Waals surface area contributed by atoms with E-state index in [0.29, 0.717) is 24.5 Å². The molecule has 0 bridgehead atoms. The van der Waals surface area contributed by atoms with Crippen molar-refractivity contribution in [2.45, 2.75) is 31.7 Å². The highest BCUT2D eigenvalue weighted by atomic mass is 35.5. The highest BCUT2D eigenvalue weighted by molar-refractivity contribution is 6.33. The molecule has 1 aliphatic heterocycles. The zero-order chi connectivity index (χ0) is 24.8. The number of aliphatic carboxylic acids is 1. The van der Waals surface area contributed by atoms with E-state index >= 15 is 0 Å². The van der Waals surface area contributed by atoms with E-state index in [1.165, 1.54) is 23.9 Å². The molecule has 3 N–H and O–H groups in total. The van der Waals surface area contributed by atoms with Crippen LogP contribution in [0.5, 0.6) is 5.75 Å². The first-order valence-electron chi connectivity index (χ1n) is 11.2. The van der Waals surface area contributed by atoms with Crippen LogP contribution in [-0.4, -0.2) is 46.1 Å². The quantitative estimate of drug-likeness (QED) is 0.412. The average molecular weight is 499 g/mol. The molecule has 1 unspecified atom stereocenters. The van der Waals surface area contributed by atoms with E-state index in [4.69, 9.17) is 16.3 Å². The molecular formula is C25H24ClFN4O4. The van der Waals surface area contributed by atoms with Crippen molar-refractivity contribution < 1.29 is 23.8 Å². The summed E-state index contributed by atoms with van der Waals surface area (Å²) in [6, 6.07) is 9.87. The molecule has 0 fully saturated rings. The van der Waals surface area contributed by atoms with Gasteiger partial charge in [-0.25, -0.2) is 14.2 Å². The third-order valence-electron chi connectivity index (χ3n) is 5.58. The monoisotopic (exact) mass is 498 g/mol. The summed E-state index contributed by atoms with van der Waals surface area (Å²) in [5.74, 6) is -1.55. The van der Waals surface area contributed by atoms with Gasteiger partial charge in [-0.1, -0.05) is 23.7 Å². The van der Waals surface area contributed by atoms with Gasteiger partial charge in [-0.2, -0.15) is 0 Å². The summed E-state index contributed by atoms with van der Waals surface area (Å²) in [6.45, 7) is 1.34. The minimum Gasteiger partial charge on any atom is -0.492 e. The summed E-state index contributed by atoms with van der Waals surface area (Å²) >= 11 is 5.90. The predicted molar refractivity (Wildman–Crippen MR) is 128 cm³/mol. The van der Waals surface area contributed by atoms with E-state index in [0.717, 1.165) is 37.0 Å². The summed E-state index contributed by atoms with van der Waals surface area (Å²) in [4.78, 5) is 32.9. The Labute approximate surface area is 206 Å². The van der Waals surface area contributed by atoms with E-state index in [9.17, 15) is 19.1 Å². The number of rotatable bonds is 9. The van der Waals surface area contributed by atoms with Crippen LogP contribution in [0.2, 0.25) is 5.02 Å². The van der Waals surface area contributed by atoms with Crippen molar-refractivity contribution in [1.29, 1.82) is 0 Å². The zero-order valence-electron chi connectivity index (χ0n) is 18.8. The normalized spacial score (nSPS) is 13.3. The number of nitrogens with one attached hydrogen (secondary N) is 2. The van der Waals surface area contributed by atoms with Gasteiger partial charge in [-0.05, 0) is 48.7 Å². The third-order valence-corrected chi connectivity index (χ3v) is 5.90. The molecule has 2 aromatic heterocycles. The van der Waals surface area contributed by atoms with Crippen LogP contribution in [0.1, 0.15) is 33.7 Å². The third kappa shape index (κ3) is 6.24. The molecule has 1 aromatic carbocycles. The molecule has 3 heterocycles. The number of halogens is 2. The molecule has 0 spiro atoms. The average Bonchev–Trinajstić information content (AvgIpc) is 2.84. The fraction of sp³-hybridized carbons (Fsp3) is 0.280. The van der Waals surface area contributed by atoms with Gasteiger partial charge < -0.3 is 20.5 Å². The van der Waals surface area contributed by atoms with Crippen molar-refractivity contribution >= 4 is 29.3 Å². The second-order valence-corrected chi connectivity index (χ2v) is 8.50. The molecule has 1 aliphatic rings. The number of carbonyl (C=O) groups excluding carboxylic acids is 1.